The molecule has 0 aliphatic carbocycles. The fourth-order valence-electron chi connectivity index (χ4n) is 2.44. The molecule has 8 nitrogen and oxygen atoms in total. The monoisotopic (exact) mass is 479 g/mol. The second kappa shape index (κ2) is 10.1. The minimum Gasteiger partial charge on any atom is -0.406 e. The van der Waals surface area contributed by atoms with E-state index in [2.05, 4.69) is 20.3 Å². The number of thiophene rings is 1. The molecule has 0 fully saturated rings. The van der Waals surface area contributed by atoms with Crippen molar-refractivity contribution in [3.63, 3.8) is 0 Å². The highest BCUT2D eigenvalue weighted by molar-refractivity contribution is 7.89. The second-order valence-electron chi connectivity index (χ2n) is 6.24. The molecule has 0 saturated carbocycles. The van der Waals surface area contributed by atoms with Crippen molar-refractivity contribution in [3.05, 3.63) is 45.6 Å². The molecule has 0 saturated heterocycles. The van der Waals surface area contributed by atoms with Gasteiger partial charge in [0.15, 0.2) is 0 Å². The number of halogens is 3. The lowest BCUT2D eigenvalue weighted by atomic mass is 10.2. The molecule has 0 aliphatic heterocycles. The van der Waals surface area contributed by atoms with Crippen molar-refractivity contribution in [2.24, 2.45) is 0 Å². The summed E-state index contributed by atoms with van der Waals surface area (Å²) in [4.78, 5) is 25.1. The van der Waals surface area contributed by atoms with Gasteiger partial charge in [0.05, 0.1) is 9.77 Å². The number of nitrogens with one attached hydrogen (secondary N) is 3. The van der Waals surface area contributed by atoms with E-state index < -0.39 is 33.9 Å². The average molecular weight is 480 g/mol. The summed E-state index contributed by atoms with van der Waals surface area (Å²) in [7, 11) is -4.05. The van der Waals surface area contributed by atoms with Gasteiger partial charge in [-0.25, -0.2) is 13.1 Å². The average Bonchev–Trinajstić information content (AvgIpc) is 3.06. The van der Waals surface area contributed by atoms with Gasteiger partial charge in [-0.1, -0.05) is 6.92 Å². The molecule has 1 aromatic heterocycles. The van der Waals surface area contributed by atoms with E-state index in [1.54, 1.807) is 6.07 Å². The molecule has 0 aliphatic rings. The quantitative estimate of drug-likeness (QED) is 0.504. The lowest BCUT2D eigenvalue weighted by molar-refractivity contribution is -0.274. The highest BCUT2D eigenvalue weighted by atomic mass is 32.2. The summed E-state index contributed by atoms with van der Waals surface area (Å²) in [6.45, 7) is 3.56. The lowest BCUT2D eigenvalue weighted by Crippen LogP contribution is -2.42. The van der Waals surface area contributed by atoms with E-state index in [1.165, 1.54) is 11.3 Å². The molecule has 3 N–H and O–H groups in total. The molecule has 2 aromatic rings. The maximum Gasteiger partial charge on any atom is 0.573 e. The van der Waals surface area contributed by atoms with Crippen molar-refractivity contribution < 1.29 is 35.9 Å². The first kappa shape index (κ1) is 24.6. The number of aryl methyl sites for hydroxylation is 2. The van der Waals surface area contributed by atoms with Gasteiger partial charge < -0.3 is 4.74 Å². The Hall–Kier alpha value is -2.64. The summed E-state index contributed by atoms with van der Waals surface area (Å²) in [5, 5.41) is 0. The summed E-state index contributed by atoms with van der Waals surface area (Å²) in [5.74, 6) is -1.68. The van der Waals surface area contributed by atoms with Gasteiger partial charge in [-0.3, -0.25) is 20.4 Å². The Labute approximate surface area is 180 Å². The molecule has 2 amide bonds. The summed E-state index contributed by atoms with van der Waals surface area (Å²) >= 11 is 1.32. The smallest absolute Gasteiger partial charge is 0.406 e. The molecule has 0 bridgehead atoms. The first-order valence-corrected chi connectivity index (χ1v) is 11.2. The van der Waals surface area contributed by atoms with E-state index in [0.717, 1.165) is 41.1 Å². The Morgan fingerprint density at radius 2 is 1.77 bits per heavy atom. The largest absolute Gasteiger partial charge is 0.573 e. The number of hydrogen-bond donors (Lipinski definition) is 3. The maximum absolute atomic E-state index is 12.1. The van der Waals surface area contributed by atoms with Crippen molar-refractivity contribution in [2.75, 3.05) is 6.54 Å². The fourth-order valence-corrected chi connectivity index (χ4v) is 4.48. The Balaban J connectivity index is 1.80. The number of ether oxygens (including phenoxy) is 1. The van der Waals surface area contributed by atoms with Crippen LogP contribution in [-0.2, 0) is 21.2 Å². The van der Waals surface area contributed by atoms with E-state index >= 15 is 0 Å². The van der Waals surface area contributed by atoms with Crippen molar-refractivity contribution in [1.82, 2.24) is 15.6 Å². The maximum atomic E-state index is 12.1. The number of carbonyl (C=O) groups excluding carboxylic acids is 2. The number of hydrogen-bond acceptors (Lipinski definition) is 6. The highest BCUT2D eigenvalue weighted by Crippen LogP contribution is 2.24. The third-order valence-electron chi connectivity index (χ3n) is 3.89. The number of benzene rings is 1. The molecule has 0 spiro atoms. The lowest BCUT2D eigenvalue weighted by Gasteiger charge is -2.10. The highest BCUT2D eigenvalue weighted by Gasteiger charge is 2.31. The number of sulfonamides is 1. The molecule has 2 rings (SSSR count). The van der Waals surface area contributed by atoms with Crippen molar-refractivity contribution >= 4 is 33.2 Å². The van der Waals surface area contributed by atoms with E-state index in [4.69, 9.17) is 0 Å². The van der Waals surface area contributed by atoms with E-state index in [9.17, 15) is 31.2 Å². The predicted molar refractivity (Wildman–Crippen MR) is 107 cm³/mol. The number of carbonyl (C=O) groups is 2. The van der Waals surface area contributed by atoms with Gasteiger partial charge in [0.1, 0.15) is 5.75 Å². The zero-order valence-electron chi connectivity index (χ0n) is 16.5. The van der Waals surface area contributed by atoms with Crippen molar-refractivity contribution in [2.45, 2.75) is 37.9 Å². The van der Waals surface area contributed by atoms with Crippen molar-refractivity contribution in [3.8, 4) is 5.75 Å². The van der Waals surface area contributed by atoms with E-state index in [1.807, 2.05) is 13.8 Å². The molecular weight excluding hydrogens is 459 g/mol. The van der Waals surface area contributed by atoms with Crippen LogP contribution in [0.15, 0.2) is 35.2 Å². The Kier molecular flexibility index (Phi) is 8.03. The molecule has 170 valence electrons. The van der Waals surface area contributed by atoms with E-state index in [0.29, 0.717) is 4.88 Å². The van der Waals surface area contributed by atoms with Crippen LogP contribution in [0.1, 0.15) is 33.5 Å². The molecule has 31 heavy (non-hydrogen) atoms. The summed E-state index contributed by atoms with van der Waals surface area (Å²) < 4.78 is 66.6. The van der Waals surface area contributed by atoms with Crippen LogP contribution in [0.4, 0.5) is 13.2 Å². The van der Waals surface area contributed by atoms with Crippen LogP contribution in [-0.4, -0.2) is 33.1 Å². The summed E-state index contributed by atoms with van der Waals surface area (Å²) in [6, 6.07) is 5.32. The molecular formula is C18H20F3N3O5S2. The molecule has 0 unspecified atom stereocenters. The second-order valence-corrected chi connectivity index (χ2v) is 9.14. The van der Waals surface area contributed by atoms with Crippen LogP contribution < -0.4 is 20.3 Å². The first-order valence-electron chi connectivity index (χ1n) is 8.95. The van der Waals surface area contributed by atoms with E-state index in [-0.39, 0.29) is 17.9 Å². The van der Waals surface area contributed by atoms with Crippen LogP contribution in [0.3, 0.4) is 0 Å². The van der Waals surface area contributed by atoms with Gasteiger partial charge in [0.25, 0.3) is 5.91 Å². The van der Waals surface area contributed by atoms with Gasteiger partial charge in [-0.15, -0.1) is 24.5 Å². The minimum atomic E-state index is -4.89. The predicted octanol–water partition coefficient (Wildman–Crippen LogP) is 2.65. The number of amides is 2. The summed E-state index contributed by atoms with van der Waals surface area (Å²) in [5.41, 5.74) is 5.43. The van der Waals surface area contributed by atoms with Crippen LogP contribution >= 0.6 is 11.3 Å². The van der Waals surface area contributed by atoms with Gasteiger partial charge in [-0.2, -0.15) is 0 Å². The zero-order chi connectivity index (χ0) is 23.2. The SMILES string of the molecule is CCc1sc(C(=O)NNC(=O)CCNS(=O)(=O)c2ccc(OC(F)(F)F)cc2)cc1C. The number of alkyl halides is 3. The molecule has 1 aromatic carbocycles. The first-order chi connectivity index (χ1) is 14.4. The molecule has 1 heterocycles. The zero-order valence-corrected chi connectivity index (χ0v) is 18.1. The molecule has 13 heteroatoms. The summed E-state index contributed by atoms with van der Waals surface area (Å²) in [6.07, 6.45) is -4.38. The van der Waals surface area contributed by atoms with Gasteiger partial charge in [-0.05, 0) is 49.2 Å². The van der Waals surface area contributed by atoms with Crippen molar-refractivity contribution in [1.29, 1.82) is 0 Å². The standard InChI is InChI=1S/C18H20F3N3O5S2/c1-3-14-11(2)10-15(30-14)17(26)24-23-16(25)8-9-22-31(27,28)13-6-4-12(5-7-13)29-18(19,20)21/h4-7,10,22H,3,8-9H2,1-2H3,(H,23,25)(H,24,26). The Morgan fingerprint density at radius 1 is 1.13 bits per heavy atom. The van der Waals surface area contributed by atoms with Gasteiger partial charge >= 0.3 is 6.36 Å². The minimum absolute atomic E-state index is 0.279. The topological polar surface area (TPSA) is 114 Å². The Bertz CT molecular complexity index is 1030. The van der Waals surface area contributed by atoms with Gasteiger partial charge in [0.2, 0.25) is 15.9 Å². The Morgan fingerprint density at radius 3 is 2.32 bits per heavy atom. The van der Waals surface area contributed by atoms with Crippen LogP contribution in [0.2, 0.25) is 0 Å². The third-order valence-corrected chi connectivity index (χ3v) is 6.75. The number of hydrazine groups is 1. The fraction of sp³-hybridized carbons (Fsp3) is 0.333. The molecule has 0 radical (unpaired) electrons. The number of rotatable bonds is 8. The normalized spacial score (nSPS) is 11.8. The van der Waals surface area contributed by atoms with Gasteiger partial charge in [0, 0.05) is 17.8 Å². The van der Waals surface area contributed by atoms with Crippen LogP contribution in [0.5, 0.6) is 5.75 Å². The van der Waals surface area contributed by atoms with Crippen LogP contribution in [0.25, 0.3) is 0 Å². The van der Waals surface area contributed by atoms with Crippen LogP contribution in [0, 0.1) is 6.92 Å². The molecule has 0 atom stereocenters. The third kappa shape index (κ3) is 7.52.